The number of nitrogens with zero attached hydrogens (tertiary/aromatic N) is 3. The van der Waals surface area contributed by atoms with E-state index in [9.17, 15) is 9.59 Å². The van der Waals surface area contributed by atoms with E-state index in [4.69, 9.17) is 25.8 Å². The number of rotatable bonds is 14. The normalized spacial score (nSPS) is 11.6. The van der Waals surface area contributed by atoms with Crippen LogP contribution in [-0.4, -0.2) is 66.3 Å². The minimum Gasteiger partial charge on any atom is -0.487 e. The number of ether oxygens (including phenoxy) is 3. The summed E-state index contributed by atoms with van der Waals surface area (Å²) in [6, 6.07) is 8.46. The fourth-order valence-electron chi connectivity index (χ4n) is 3.69. The molecule has 0 aliphatic carbocycles. The molecule has 1 aromatic carbocycles. The van der Waals surface area contributed by atoms with Gasteiger partial charge in [-0.25, -0.2) is 0 Å². The Hall–Kier alpha value is -2.59. The van der Waals surface area contributed by atoms with E-state index in [1.165, 1.54) is 6.07 Å². The van der Waals surface area contributed by atoms with Gasteiger partial charge in [0.05, 0.1) is 29.7 Å². The number of pyridine rings is 1. The number of methoxy groups -OCH3 is 1. The van der Waals surface area contributed by atoms with E-state index in [2.05, 4.69) is 10.00 Å². The van der Waals surface area contributed by atoms with Gasteiger partial charge < -0.3 is 23.7 Å². The predicted octanol–water partition coefficient (Wildman–Crippen LogP) is 2.73. The molecule has 2 aromatic heterocycles. The van der Waals surface area contributed by atoms with Gasteiger partial charge in [0.2, 0.25) is 0 Å². The lowest BCUT2D eigenvalue weighted by Gasteiger charge is -2.15. The first-order chi connectivity index (χ1) is 16.4. The van der Waals surface area contributed by atoms with Crippen molar-refractivity contribution in [2.75, 3.05) is 47.1 Å². The number of hydrogen-bond donors (Lipinski definition) is 1. The highest BCUT2D eigenvalue weighted by Crippen LogP contribution is 2.19. The van der Waals surface area contributed by atoms with Crippen molar-refractivity contribution in [2.45, 2.75) is 33.0 Å². The van der Waals surface area contributed by atoms with E-state index in [1.807, 2.05) is 14.0 Å². The molecule has 0 radical (unpaired) electrons. The zero-order valence-electron chi connectivity index (χ0n) is 20.0. The minimum absolute atomic E-state index is 0.0731. The molecule has 9 nitrogen and oxygen atoms in total. The Kier molecular flexibility index (Phi) is 9.76. The zero-order chi connectivity index (χ0) is 24.5. The van der Waals surface area contributed by atoms with Crippen LogP contribution in [0, 0.1) is 0 Å². The minimum atomic E-state index is -0.190. The van der Waals surface area contributed by atoms with Crippen LogP contribution in [0.3, 0.4) is 0 Å². The first-order valence-corrected chi connectivity index (χ1v) is 11.8. The third-order valence-electron chi connectivity index (χ3n) is 5.58. The van der Waals surface area contributed by atoms with E-state index in [-0.39, 0.29) is 17.7 Å². The first-order valence-electron chi connectivity index (χ1n) is 11.4. The molecule has 0 aliphatic rings. The van der Waals surface area contributed by atoms with Gasteiger partial charge in [-0.1, -0.05) is 11.6 Å². The second kappa shape index (κ2) is 12.8. The van der Waals surface area contributed by atoms with E-state index in [0.29, 0.717) is 73.2 Å². The molecule has 0 fully saturated rings. The molecule has 1 N–H and O–H groups in total. The molecular weight excluding hydrogens is 460 g/mol. The molecule has 0 atom stereocenters. The Labute approximate surface area is 203 Å². The van der Waals surface area contributed by atoms with Crippen LogP contribution in [0.2, 0.25) is 5.02 Å². The van der Waals surface area contributed by atoms with Crippen LogP contribution in [0.4, 0.5) is 0 Å². The number of aromatic amines is 1. The van der Waals surface area contributed by atoms with Crippen molar-refractivity contribution in [2.24, 2.45) is 0 Å². The number of likely N-dealkylation sites (N-methyl/N-ethyl adjacent to an activating group) is 1. The molecule has 0 bridgehead atoms. The smallest absolute Gasteiger partial charge is 0.276 e. The summed E-state index contributed by atoms with van der Waals surface area (Å²) in [5, 5.41) is 4.17. The standard InChI is InChI=1S/C24H33ClN4O5/c1-4-33-14-5-10-28-21(17-34-19-8-6-18(25)7-9-19)23-20(16-22(28)30)26-29(24(23)31)12-11-27(2)13-15-32-3/h6-9,16,26H,4-5,10-15,17H2,1-3H3. The predicted molar refractivity (Wildman–Crippen MR) is 133 cm³/mol. The summed E-state index contributed by atoms with van der Waals surface area (Å²) in [4.78, 5) is 28.4. The maximum Gasteiger partial charge on any atom is 0.276 e. The van der Waals surface area contributed by atoms with Gasteiger partial charge in [0.15, 0.2) is 0 Å². The molecular formula is C24H33ClN4O5. The van der Waals surface area contributed by atoms with Crippen LogP contribution in [0.15, 0.2) is 39.9 Å². The Balaban J connectivity index is 1.93. The Morgan fingerprint density at radius 2 is 1.85 bits per heavy atom. The van der Waals surface area contributed by atoms with Crippen molar-refractivity contribution in [3.63, 3.8) is 0 Å². The Morgan fingerprint density at radius 1 is 1.09 bits per heavy atom. The van der Waals surface area contributed by atoms with Gasteiger partial charge in [-0.05, 0) is 44.7 Å². The van der Waals surface area contributed by atoms with Crippen LogP contribution in [0.25, 0.3) is 10.9 Å². The second-order valence-corrected chi connectivity index (χ2v) is 8.46. The number of nitrogens with one attached hydrogen (secondary N) is 1. The quantitative estimate of drug-likeness (QED) is 0.348. The van der Waals surface area contributed by atoms with Crippen LogP contribution < -0.4 is 15.9 Å². The number of H-pyrrole nitrogens is 1. The van der Waals surface area contributed by atoms with Crippen molar-refractivity contribution in [3.8, 4) is 5.75 Å². The van der Waals surface area contributed by atoms with Crippen LogP contribution in [0.5, 0.6) is 5.75 Å². The van der Waals surface area contributed by atoms with Gasteiger partial charge >= 0.3 is 0 Å². The molecule has 0 aliphatic heterocycles. The second-order valence-electron chi connectivity index (χ2n) is 8.03. The largest absolute Gasteiger partial charge is 0.487 e. The highest BCUT2D eigenvalue weighted by Gasteiger charge is 2.18. The average molecular weight is 493 g/mol. The fraction of sp³-hybridized carbons (Fsp3) is 0.500. The molecule has 34 heavy (non-hydrogen) atoms. The summed E-state index contributed by atoms with van der Waals surface area (Å²) in [6.07, 6.45) is 0.649. The topological polar surface area (TPSA) is 90.7 Å². The average Bonchev–Trinajstić information content (AvgIpc) is 3.14. The number of halogens is 1. The Bertz CT molecular complexity index is 1170. The molecule has 2 heterocycles. The van der Waals surface area contributed by atoms with Crippen LogP contribution >= 0.6 is 11.6 Å². The Morgan fingerprint density at radius 3 is 2.56 bits per heavy atom. The summed E-state index contributed by atoms with van der Waals surface area (Å²) >= 11 is 5.97. The number of fused-ring (bicyclic) bond motifs is 1. The number of hydrogen-bond acceptors (Lipinski definition) is 6. The molecule has 10 heteroatoms. The van der Waals surface area contributed by atoms with Gasteiger partial charge in [-0.15, -0.1) is 0 Å². The van der Waals surface area contributed by atoms with Crippen LogP contribution in [-0.2, 0) is 29.2 Å². The van der Waals surface area contributed by atoms with Crippen molar-refractivity contribution in [1.29, 1.82) is 0 Å². The van der Waals surface area contributed by atoms with E-state index < -0.39 is 0 Å². The van der Waals surface area contributed by atoms with Crippen LogP contribution in [0.1, 0.15) is 19.0 Å². The lowest BCUT2D eigenvalue weighted by Crippen LogP contribution is -2.30. The summed E-state index contributed by atoms with van der Waals surface area (Å²) < 4.78 is 19.6. The van der Waals surface area contributed by atoms with E-state index in [0.717, 1.165) is 6.54 Å². The molecule has 0 saturated heterocycles. The van der Waals surface area contributed by atoms with Crippen molar-refractivity contribution < 1.29 is 14.2 Å². The molecule has 3 aromatic rings. The summed E-state index contributed by atoms with van der Waals surface area (Å²) in [5.41, 5.74) is 0.680. The third kappa shape index (κ3) is 6.73. The SMILES string of the molecule is CCOCCCn1c(COc2ccc(Cl)cc2)c2c(=O)n(CCN(C)CCOC)[nH]c2cc1=O. The molecule has 0 saturated carbocycles. The monoisotopic (exact) mass is 492 g/mol. The number of aromatic nitrogens is 3. The highest BCUT2D eigenvalue weighted by molar-refractivity contribution is 6.30. The molecule has 3 rings (SSSR count). The highest BCUT2D eigenvalue weighted by atomic mass is 35.5. The van der Waals surface area contributed by atoms with Crippen molar-refractivity contribution in [3.05, 3.63) is 61.8 Å². The molecule has 0 amide bonds. The van der Waals surface area contributed by atoms with Gasteiger partial charge in [-0.2, -0.15) is 0 Å². The van der Waals surface area contributed by atoms with E-state index in [1.54, 1.807) is 40.6 Å². The first kappa shape index (κ1) is 26.0. The van der Waals surface area contributed by atoms with E-state index >= 15 is 0 Å². The van der Waals surface area contributed by atoms with Gasteiger partial charge in [0.25, 0.3) is 11.1 Å². The van der Waals surface area contributed by atoms with Gasteiger partial charge in [0, 0.05) is 51.0 Å². The molecule has 0 spiro atoms. The van der Waals surface area contributed by atoms with Crippen molar-refractivity contribution in [1.82, 2.24) is 19.2 Å². The summed E-state index contributed by atoms with van der Waals surface area (Å²) in [7, 11) is 3.63. The molecule has 0 unspecified atom stereocenters. The summed E-state index contributed by atoms with van der Waals surface area (Å²) in [5.74, 6) is 0.602. The summed E-state index contributed by atoms with van der Waals surface area (Å²) in [6.45, 7) is 6.07. The van der Waals surface area contributed by atoms with Gasteiger partial charge in [-0.3, -0.25) is 19.4 Å². The molecule has 186 valence electrons. The van der Waals surface area contributed by atoms with Gasteiger partial charge in [0.1, 0.15) is 12.4 Å². The van der Waals surface area contributed by atoms with Crippen molar-refractivity contribution >= 4 is 22.5 Å². The fourth-order valence-corrected chi connectivity index (χ4v) is 3.81. The zero-order valence-corrected chi connectivity index (χ0v) is 20.8. The maximum atomic E-state index is 13.3. The maximum absolute atomic E-state index is 13.3. The lowest BCUT2D eigenvalue weighted by atomic mass is 10.2. The number of benzene rings is 1. The third-order valence-corrected chi connectivity index (χ3v) is 5.83. The lowest BCUT2D eigenvalue weighted by molar-refractivity contribution is 0.141.